The Balaban J connectivity index is 1.64. The van der Waals surface area contributed by atoms with E-state index in [0.29, 0.717) is 12.2 Å². The average Bonchev–Trinajstić information content (AvgIpc) is 3.35. The number of methoxy groups -OCH3 is 1. The largest absolute Gasteiger partial charge is 0.497 e. The molecule has 1 N–H and O–H groups in total. The van der Waals surface area contributed by atoms with Crippen LogP contribution >= 0.6 is 0 Å². The molecule has 0 saturated heterocycles. The number of aromatic nitrogens is 3. The summed E-state index contributed by atoms with van der Waals surface area (Å²) in [6.07, 6.45) is 3.49. The van der Waals surface area contributed by atoms with E-state index in [1.165, 1.54) is 0 Å². The van der Waals surface area contributed by atoms with Crippen molar-refractivity contribution in [3.05, 3.63) is 102 Å². The summed E-state index contributed by atoms with van der Waals surface area (Å²) in [4.78, 5) is 19.3. The van der Waals surface area contributed by atoms with Gasteiger partial charge in [0.1, 0.15) is 11.4 Å². The fourth-order valence-corrected chi connectivity index (χ4v) is 3.99. The highest BCUT2D eigenvalue weighted by Crippen LogP contribution is 2.43. The molecule has 0 bridgehead atoms. The van der Waals surface area contributed by atoms with Crippen LogP contribution in [0.15, 0.2) is 79.1 Å². The molecule has 1 aliphatic rings. The molecule has 0 radical (unpaired) electrons. The summed E-state index contributed by atoms with van der Waals surface area (Å²) in [5, 5.41) is 7.50. The molecule has 0 fully saturated rings. The number of amides is 1. The lowest BCUT2D eigenvalue weighted by molar-refractivity contribution is 0.0730. The van der Waals surface area contributed by atoms with Crippen molar-refractivity contribution in [2.45, 2.75) is 12.6 Å². The first-order chi connectivity index (χ1) is 14.8. The van der Waals surface area contributed by atoms with Crippen molar-refractivity contribution in [1.29, 1.82) is 0 Å². The van der Waals surface area contributed by atoms with Gasteiger partial charge in [0.05, 0.1) is 18.8 Å². The summed E-state index contributed by atoms with van der Waals surface area (Å²) < 4.78 is 5.32. The maximum absolute atomic E-state index is 13.4. The zero-order valence-corrected chi connectivity index (χ0v) is 16.4. The average molecular weight is 396 g/mol. The third-order valence-electron chi connectivity index (χ3n) is 5.44. The van der Waals surface area contributed by atoms with Gasteiger partial charge in [0, 0.05) is 30.1 Å². The van der Waals surface area contributed by atoms with Crippen molar-refractivity contribution in [3.8, 4) is 17.0 Å². The first-order valence-corrected chi connectivity index (χ1v) is 9.74. The molecule has 2 aromatic heterocycles. The van der Waals surface area contributed by atoms with Crippen molar-refractivity contribution in [3.63, 3.8) is 0 Å². The van der Waals surface area contributed by atoms with E-state index in [0.717, 1.165) is 33.7 Å². The Morgan fingerprint density at radius 2 is 1.73 bits per heavy atom. The minimum Gasteiger partial charge on any atom is -0.497 e. The van der Waals surface area contributed by atoms with Crippen LogP contribution in [0.1, 0.15) is 33.2 Å². The fourth-order valence-electron chi connectivity index (χ4n) is 3.99. The van der Waals surface area contributed by atoms with Gasteiger partial charge in [-0.2, -0.15) is 5.10 Å². The molecule has 5 rings (SSSR count). The number of H-pyrrole nitrogens is 1. The molecule has 0 spiro atoms. The molecule has 148 valence electrons. The van der Waals surface area contributed by atoms with E-state index in [1.54, 1.807) is 19.5 Å². The van der Waals surface area contributed by atoms with Crippen LogP contribution in [0.25, 0.3) is 11.3 Å². The molecule has 1 atom stereocenters. The van der Waals surface area contributed by atoms with E-state index >= 15 is 0 Å². The highest BCUT2D eigenvalue weighted by Gasteiger charge is 2.42. The Morgan fingerprint density at radius 1 is 1.00 bits per heavy atom. The first kappa shape index (κ1) is 18.1. The predicted octanol–water partition coefficient (Wildman–Crippen LogP) is 4.23. The number of benzene rings is 2. The number of nitrogens with zero attached hydrogens (tertiary/aromatic N) is 3. The van der Waals surface area contributed by atoms with E-state index in [-0.39, 0.29) is 11.9 Å². The molecule has 4 aromatic rings. The molecule has 6 heteroatoms. The second kappa shape index (κ2) is 7.48. The number of aromatic amines is 1. The van der Waals surface area contributed by atoms with Gasteiger partial charge in [-0.3, -0.25) is 14.9 Å². The fraction of sp³-hybridized carbons (Fsp3) is 0.125. The van der Waals surface area contributed by atoms with Crippen molar-refractivity contribution < 1.29 is 9.53 Å². The van der Waals surface area contributed by atoms with Crippen LogP contribution in [-0.4, -0.2) is 33.1 Å². The van der Waals surface area contributed by atoms with Crippen LogP contribution in [0.3, 0.4) is 0 Å². The summed E-state index contributed by atoms with van der Waals surface area (Å²) in [7, 11) is 1.64. The molecule has 1 aliphatic heterocycles. The molecule has 6 nitrogen and oxygen atoms in total. The van der Waals surface area contributed by atoms with Crippen molar-refractivity contribution in [2.24, 2.45) is 0 Å². The van der Waals surface area contributed by atoms with Crippen LogP contribution in [0.5, 0.6) is 5.75 Å². The second-order valence-electron chi connectivity index (χ2n) is 7.19. The topological polar surface area (TPSA) is 71.1 Å². The molecule has 1 unspecified atom stereocenters. The number of pyridine rings is 1. The van der Waals surface area contributed by atoms with Gasteiger partial charge < -0.3 is 9.64 Å². The van der Waals surface area contributed by atoms with Crippen LogP contribution in [0.2, 0.25) is 0 Å². The number of hydrogen-bond acceptors (Lipinski definition) is 4. The number of carbonyl (C=O) groups is 1. The van der Waals surface area contributed by atoms with Gasteiger partial charge in [0.25, 0.3) is 5.91 Å². The van der Waals surface area contributed by atoms with E-state index in [2.05, 4.69) is 15.2 Å². The van der Waals surface area contributed by atoms with E-state index < -0.39 is 0 Å². The van der Waals surface area contributed by atoms with E-state index in [4.69, 9.17) is 4.74 Å². The van der Waals surface area contributed by atoms with Gasteiger partial charge in [0.2, 0.25) is 0 Å². The molecule has 3 heterocycles. The second-order valence-corrected chi connectivity index (χ2v) is 7.19. The quantitative estimate of drug-likeness (QED) is 0.548. The van der Waals surface area contributed by atoms with Gasteiger partial charge in [-0.25, -0.2) is 0 Å². The number of ether oxygens (including phenoxy) is 1. The van der Waals surface area contributed by atoms with Gasteiger partial charge in [-0.15, -0.1) is 0 Å². The normalized spacial score (nSPS) is 15.3. The number of nitrogens with one attached hydrogen (secondary N) is 1. The Hall–Kier alpha value is -3.93. The lowest BCUT2D eigenvalue weighted by atomic mass is 9.96. The molecule has 30 heavy (non-hydrogen) atoms. The summed E-state index contributed by atoms with van der Waals surface area (Å²) in [5.74, 6) is 0.719. The zero-order chi connectivity index (χ0) is 20.5. The highest BCUT2D eigenvalue weighted by molar-refractivity contribution is 6.00. The summed E-state index contributed by atoms with van der Waals surface area (Å²) >= 11 is 0. The minimum absolute atomic E-state index is 0.0580. The maximum Gasteiger partial charge on any atom is 0.273 e. The number of carbonyl (C=O) groups excluding carboxylic acids is 1. The minimum atomic E-state index is -0.250. The van der Waals surface area contributed by atoms with Gasteiger partial charge in [-0.1, -0.05) is 42.5 Å². The molecule has 1 amide bonds. The summed E-state index contributed by atoms with van der Waals surface area (Å²) in [6.45, 7) is 0.481. The third-order valence-corrected chi connectivity index (χ3v) is 5.44. The van der Waals surface area contributed by atoms with E-state index in [9.17, 15) is 4.79 Å². The molecular weight excluding hydrogens is 376 g/mol. The van der Waals surface area contributed by atoms with Crippen molar-refractivity contribution in [1.82, 2.24) is 20.1 Å². The van der Waals surface area contributed by atoms with E-state index in [1.807, 2.05) is 71.6 Å². The number of hydrogen-bond donors (Lipinski definition) is 1. The predicted molar refractivity (Wildman–Crippen MR) is 113 cm³/mol. The molecule has 0 aliphatic carbocycles. The van der Waals surface area contributed by atoms with Crippen molar-refractivity contribution in [2.75, 3.05) is 7.11 Å². The Morgan fingerprint density at radius 3 is 2.43 bits per heavy atom. The lowest BCUT2D eigenvalue weighted by Gasteiger charge is -2.26. The molecular formula is C24H20N4O2. The third kappa shape index (κ3) is 3.03. The van der Waals surface area contributed by atoms with Crippen molar-refractivity contribution >= 4 is 5.91 Å². The van der Waals surface area contributed by atoms with Gasteiger partial charge in [0.15, 0.2) is 0 Å². The Kier molecular flexibility index (Phi) is 4.52. The van der Waals surface area contributed by atoms with Crippen LogP contribution in [-0.2, 0) is 6.54 Å². The van der Waals surface area contributed by atoms with Crippen LogP contribution in [0.4, 0.5) is 0 Å². The van der Waals surface area contributed by atoms with Gasteiger partial charge >= 0.3 is 0 Å². The summed E-state index contributed by atoms with van der Waals surface area (Å²) in [6, 6.07) is 21.4. The summed E-state index contributed by atoms with van der Waals surface area (Å²) in [5.41, 5.74) is 5.27. The molecule has 2 aromatic carbocycles. The standard InChI is InChI=1S/C24H20N4O2/c1-30-19-9-7-18(8-10-19)23-20-21(17-5-3-2-4-6-17)26-27-22(20)24(29)28(23)15-16-11-13-25-14-12-16/h2-14,23H,15H2,1H3,(H,26,27). The first-order valence-electron chi connectivity index (χ1n) is 9.74. The van der Waals surface area contributed by atoms with Crippen LogP contribution < -0.4 is 4.74 Å². The van der Waals surface area contributed by atoms with Crippen LogP contribution in [0, 0.1) is 0 Å². The number of fused-ring (bicyclic) bond motifs is 1. The SMILES string of the molecule is COc1ccc(C2c3c(-c4ccccc4)n[nH]c3C(=O)N2Cc2ccncc2)cc1. The lowest BCUT2D eigenvalue weighted by Crippen LogP contribution is -2.29. The number of rotatable bonds is 5. The monoisotopic (exact) mass is 396 g/mol. The van der Waals surface area contributed by atoms with Gasteiger partial charge in [-0.05, 0) is 35.4 Å². The highest BCUT2D eigenvalue weighted by atomic mass is 16.5. The Bertz CT molecular complexity index is 1170. The Labute approximate surface area is 174 Å². The zero-order valence-electron chi connectivity index (χ0n) is 16.4. The smallest absolute Gasteiger partial charge is 0.273 e. The maximum atomic E-state index is 13.4. The molecule has 0 saturated carbocycles.